The van der Waals surface area contributed by atoms with E-state index < -0.39 is 0 Å². The van der Waals surface area contributed by atoms with Crippen LogP contribution in [0.25, 0.3) is 0 Å². The molecule has 2 N–H and O–H groups in total. The predicted molar refractivity (Wildman–Crippen MR) is 82.4 cm³/mol. The summed E-state index contributed by atoms with van der Waals surface area (Å²) in [5, 5.41) is 4.99. The summed E-state index contributed by atoms with van der Waals surface area (Å²) >= 11 is 9.67. The average molecular weight is 361 g/mol. The van der Waals surface area contributed by atoms with E-state index in [1.165, 1.54) is 12.1 Å². The summed E-state index contributed by atoms with van der Waals surface area (Å²) in [4.78, 5) is 0. The highest BCUT2D eigenvalue weighted by molar-refractivity contribution is 9.10. The molecule has 0 saturated heterocycles. The zero-order valence-electron chi connectivity index (χ0n) is 11.3. The van der Waals surface area contributed by atoms with Crippen LogP contribution in [0.3, 0.4) is 0 Å². The van der Waals surface area contributed by atoms with E-state index in [9.17, 15) is 4.39 Å². The first-order valence-electron chi connectivity index (χ1n) is 6.36. The van der Waals surface area contributed by atoms with Crippen LogP contribution in [0.15, 0.2) is 22.7 Å². The number of benzene rings is 1. The van der Waals surface area contributed by atoms with Crippen molar-refractivity contribution in [3.63, 3.8) is 0 Å². The van der Waals surface area contributed by atoms with Gasteiger partial charge in [-0.05, 0) is 37.6 Å². The minimum absolute atomic E-state index is 0.301. The van der Waals surface area contributed by atoms with Gasteiger partial charge in [-0.3, -0.25) is 4.68 Å². The normalized spacial score (nSPS) is 12.7. The molecular formula is C14H16BrClFN3. The van der Waals surface area contributed by atoms with Gasteiger partial charge < -0.3 is 5.73 Å². The van der Waals surface area contributed by atoms with E-state index >= 15 is 0 Å². The summed E-state index contributed by atoms with van der Waals surface area (Å²) in [6, 6.07) is 4.16. The maximum Gasteiger partial charge on any atom is 0.123 e. The fourth-order valence-electron chi connectivity index (χ4n) is 2.18. The van der Waals surface area contributed by atoms with Crippen LogP contribution in [0, 0.1) is 12.7 Å². The molecule has 0 radical (unpaired) electrons. The lowest BCUT2D eigenvalue weighted by Crippen LogP contribution is -2.17. The molecule has 0 bridgehead atoms. The number of halogens is 3. The number of hydrogen-bond acceptors (Lipinski definition) is 2. The van der Waals surface area contributed by atoms with Crippen LogP contribution >= 0.6 is 27.5 Å². The quantitative estimate of drug-likeness (QED) is 0.895. The van der Waals surface area contributed by atoms with Crippen LogP contribution in [-0.4, -0.2) is 9.78 Å². The van der Waals surface area contributed by atoms with Gasteiger partial charge in [0.05, 0.1) is 16.4 Å². The smallest absolute Gasteiger partial charge is 0.123 e. The average Bonchev–Trinajstić information content (AvgIpc) is 2.69. The molecule has 0 aliphatic carbocycles. The van der Waals surface area contributed by atoms with Crippen LogP contribution in [-0.2, 0) is 13.0 Å². The first kappa shape index (κ1) is 15.5. The van der Waals surface area contributed by atoms with Crippen molar-refractivity contribution in [3.05, 3.63) is 50.5 Å². The van der Waals surface area contributed by atoms with Crippen molar-refractivity contribution >= 4 is 27.5 Å². The third-order valence-corrected chi connectivity index (χ3v) is 4.44. The number of nitrogens with zero attached hydrogens (tertiary/aromatic N) is 2. The van der Waals surface area contributed by atoms with E-state index in [-0.39, 0.29) is 11.9 Å². The van der Waals surface area contributed by atoms with E-state index in [1.54, 1.807) is 6.07 Å². The highest BCUT2D eigenvalue weighted by Gasteiger charge is 2.18. The molecule has 1 aromatic carbocycles. The summed E-state index contributed by atoms with van der Waals surface area (Å²) in [6.45, 7) is 4.58. The van der Waals surface area contributed by atoms with Crippen molar-refractivity contribution < 1.29 is 4.39 Å². The Morgan fingerprint density at radius 2 is 2.20 bits per heavy atom. The van der Waals surface area contributed by atoms with Crippen LogP contribution in [0.2, 0.25) is 5.02 Å². The van der Waals surface area contributed by atoms with Gasteiger partial charge in [0.2, 0.25) is 0 Å². The third kappa shape index (κ3) is 3.05. The lowest BCUT2D eigenvalue weighted by molar-refractivity contribution is 0.581. The van der Waals surface area contributed by atoms with Gasteiger partial charge in [-0.2, -0.15) is 5.10 Å². The number of aromatic nitrogens is 2. The summed E-state index contributed by atoms with van der Waals surface area (Å²) in [6.07, 6.45) is 0.509. The Bertz CT molecular complexity index is 627. The molecule has 1 atom stereocenters. The van der Waals surface area contributed by atoms with Crippen molar-refractivity contribution in [1.82, 2.24) is 9.78 Å². The largest absolute Gasteiger partial charge is 0.324 e. The molecule has 6 heteroatoms. The number of aryl methyl sites for hydroxylation is 2. The second-order valence-corrected chi connectivity index (χ2v) is 5.87. The van der Waals surface area contributed by atoms with Crippen molar-refractivity contribution in [2.75, 3.05) is 0 Å². The molecule has 0 spiro atoms. The van der Waals surface area contributed by atoms with Crippen LogP contribution < -0.4 is 5.73 Å². The maximum atomic E-state index is 13.4. The molecule has 3 nitrogen and oxygen atoms in total. The maximum absolute atomic E-state index is 13.4. The van der Waals surface area contributed by atoms with Crippen LogP contribution in [0.1, 0.15) is 29.9 Å². The van der Waals surface area contributed by atoms with Crippen molar-refractivity contribution in [3.8, 4) is 0 Å². The van der Waals surface area contributed by atoms with Gasteiger partial charge in [0.1, 0.15) is 5.82 Å². The molecule has 1 heterocycles. The fourth-order valence-corrected chi connectivity index (χ4v) is 2.93. The molecular weight excluding hydrogens is 345 g/mol. The van der Waals surface area contributed by atoms with Gasteiger partial charge >= 0.3 is 0 Å². The predicted octanol–water partition coefficient (Wildman–Crippen LogP) is 4.01. The highest BCUT2D eigenvalue weighted by atomic mass is 79.9. The van der Waals surface area contributed by atoms with Crippen molar-refractivity contribution in [1.29, 1.82) is 0 Å². The van der Waals surface area contributed by atoms with Gasteiger partial charge in [-0.25, -0.2) is 4.39 Å². The molecule has 0 aliphatic rings. The fraction of sp³-hybridized carbons (Fsp3) is 0.357. The molecule has 2 rings (SSSR count). The second-order valence-electron chi connectivity index (χ2n) is 4.64. The monoisotopic (exact) mass is 359 g/mol. The summed E-state index contributed by atoms with van der Waals surface area (Å²) in [5.74, 6) is -0.301. The summed E-state index contributed by atoms with van der Waals surface area (Å²) in [5.41, 5.74) is 8.60. The molecule has 0 fully saturated rings. The van der Waals surface area contributed by atoms with E-state index in [2.05, 4.69) is 21.0 Å². The van der Waals surface area contributed by atoms with Gasteiger partial charge in [-0.1, -0.05) is 27.5 Å². The number of hydrogen-bond donors (Lipinski definition) is 1. The van der Waals surface area contributed by atoms with Gasteiger partial charge in [0, 0.05) is 23.5 Å². The van der Waals surface area contributed by atoms with E-state index in [4.69, 9.17) is 17.3 Å². The Kier molecular flexibility index (Phi) is 4.83. The third-order valence-electron chi connectivity index (χ3n) is 3.22. The lowest BCUT2D eigenvalue weighted by atomic mass is 10.0. The van der Waals surface area contributed by atoms with Gasteiger partial charge in [-0.15, -0.1) is 0 Å². The first-order valence-corrected chi connectivity index (χ1v) is 7.53. The van der Waals surface area contributed by atoms with Gasteiger partial charge in [0.25, 0.3) is 0 Å². The van der Waals surface area contributed by atoms with Crippen molar-refractivity contribution in [2.45, 2.75) is 32.9 Å². The molecule has 108 valence electrons. The molecule has 1 unspecified atom stereocenters. The highest BCUT2D eigenvalue weighted by Crippen LogP contribution is 2.29. The van der Waals surface area contributed by atoms with Crippen LogP contribution in [0.4, 0.5) is 4.39 Å². The Morgan fingerprint density at radius 1 is 1.50 bits per heavy atom. The van der Waals surface area contributed by atoms with E-state index in [0.717, 1.165) is 28.0 Å². The number of nitrogens with two attached hydrogens (primary N) is 1. The Morgan fingerprint density at radius 3 is 2.85 bits per heavy atom. The molecule has 0 amide bonds. The Balaban J connectivity index is 2.32. The summed E-state index contributed by atoms with van der Waals surface area (Å²) < 4.78 is 16.0. The molecule has 0 aliphatic heterocycles. The lowest BCUT2D eigenvalue weighted by Gasteiger charge is -2.15. The summed E-state index contributed by atoms with van der Waals surface area (Å²) in [7, 11) is 0. The minimum Gasteiger partial charge on any atom is -0.324 e. The standard InChI is InChI=1S/C14H16BrClFN3/c1-3-20-13(14(16)8(2)19-20)7-12(18)10-6-9(17)4-5-11(10)15/h4-6,12H,3,7,18H2,1-2H3. The Hall–Kier alpha value is -0.910. The van der Waals surface area contributed by atoms with Gasteiger partial charge in [0.15, 0.2) is 0 Å². The zero-order valence-corrected chi connectivity index (χ0v) is 13.7. The van der Waals surface area contributed by atoms with E-state index in [1.807, 2.05) is 18.5 Å². The SMILES string of the molecule is CCn1nc(C)c(Cl)c1CC(N)c1cc(F)ccc1Br. The zero-order chi connectivity index (χ0) is 14.9. The molecule has 1 aromatic heterocycles. The number of rotatable bonds is 4. The molecule has 20 heavy (non-hydrogen) atoms. The van der Waals surface area contributed by atoms with E-state index in [0.29, 0.717) is 11.4 Å². The minimum atomic E-state index is -0.348. The molecule has 0 saturated carbocycles. The topological polar surface area (TPSA) is 43.8 Å². The second kappa shape index (κ2) is 6.24. The Labute approximate surface area is 131 Å². The molecule has 2 aromatic rings. The van der Waals surface area contributed by atoms with Crippen LogP contribution in [0.5, 0.6) is 0 Å². The van der Waals surface area contributed by atoms with Crippen molar-refractivity contribution in [2.24, 2.45) is 5.73 Å². The first-order chi connectivity index (χ1) is 9.43.